The van der Waals surface area contributed by atoms with Crippen LogP contribution in [0, 0.1) is 5.82 Å². The highest BCUT2D eigenvalue weighted by Gasteiger charge is 2.16. The van der Waals surface area contributed by atoms with E-state index in [0.717, 1.165) is 12.8 Å². The first-order valence-electron chi connectivity index (χ1n) is 7.29. The summed E-state index contributed by atoms with van der Waals surface area (Å²) < 4.78 is 17.8. The van der Waals surface area contributed by atoms with Gasteiger partial charge in [0.25, 0.3) is 5.91 Å². The van der Waals surface area contributed by atoms with Gasteiger partial charge < -0.3 is 9.64 Å². The molecule has 0 radical (unpaired) electrons. The van der Waals surface area contributed by atoms with Crippen molar-refractivity contribution in [2.24, 2.45) is 0 Å². The smallest absolute Gasteiger partial charge is 0.307 e. The standard InChI is InChI=1S/C16H22FNO3/c1-3-5-11-18(12-10-15(19)21-4-2)16(20)13-6-8-14(17)9-7-13/h6-9H,3-5,10-12H2,1-2H3. The Morgan fingerprint density at radius 2 is 1.81 bits per heavy atom. The maximum atomic E-state index is 12.9. The Labute approximate surface area is 124 Å². The summed E-state index contributed by atoms with van der Waals surface area (Å²) in [6.45, 7) is 5.00. The molecule has 0 aliphatic heterocycles. The zero-order chi connectivity index (χ0) is 15.7. The maximum Gasteiger partial charge on any atom is 0.307 e. The SMILES string of the molecule is CCCCN(CCC(=O)OCC)C(=O)c1ccc(F)cc1. The van der Waals surface area contributed by atoms with Crippen molar-refractivity contribution in [2.75, 3.05) is 19.7 Å². The molecule has 0 N–H and O–H groups in total. The van der Waals surface area contributed by atoms with Crippen molar-refractivity contribution < 1.29 is 18.7 Å². The lowest BCUT2D eigenvalue weighted by Gasteiger charge is -2.22. The van der Waals surface area contributed by atoms with E-state index in [2.05, 4.69) is 0 Å². The number of rotatable bonds is 8. The Morgan fingerprint density at radius 3 is 2.38 bits per heavy atom. The van der Waals surface area contributed by atoms with Gasteiger partial charge in [0, 0.05) is 18.7 Å². The van der Waals surface area contributed by atoms with Gasteiger partial charge in [-0.1, -0.05) is 13.3 Å². The Hall–Kier alpha value is -1.91. The highest BCUT2D eigenvalue weighted by Crippen LogP contribution is 2.09. The maximum absolute atomic E-state index is 12.9. The van der Waals surface area contributed by atoms with Gasteiger partial charge in [-0.3, -0.25) is 9.59 Å². The zero-order valence-corrected chi connectivity index (χ0v) is 12.6. The topological polar surface area (TPSA) is 46.6 Å². The number of carbonyl (C=O) groups is 2. The molecule has 1 amide bonds. The minimum absolute atomic E-state index is 0.171. The van der Waals surface area contributed by atoms with E-state index in [1.165, 1.54) is 24.3 Å². The Kier molecular flexibility index (Phi) is 7.43. The largest absolute Gasteiger partial charge is 0.466 e. The molecule has 0 bridgehead atoms. The summed E-state index contributed by atoms with van der Waals surface area (Å²) in [7, 11) is 0. The molecule has 0 unspecified atom stereocenters. The molecule has 0 fully saturated rings. The molecular formula is C16H22FNO3. The van der Waals surface area contributed by atoms with E-state index in [0.29, 0.717) is 25.3 Å². The fourth-order valence-electron chi connectivity index (χ4n) is 1.90. The van der Waals surface area contributed by atoms with Gasteiger partial charge in [0.15, 0.2) is 0 Å². The third-order valence-corrected chi connectivity index (χ3v) is 3.05. The number of nitrogens with zero attached hydrogens (tertiary/aromatic N) is 1. The van der Waals surface area contributed by atoms with Crippen LogP contribution in [-0.2, 0) is 9.53 Å². The molecule has 0 aliphatic rings. The molecule has 1 aromatic rings. The first-order chi connectivity index (χ1) is 10.1. The summed E-state index contributed by atoms with van der Waals surface area (Å²) in [5, 5.41) is 0. The first-order valence-corrected chi connectivity index (χ1v) is 7.29. The summed E-state index contributed by atoms with van der Waals surface area (Å²) in [4.78, 5) is 25.4. The minimum Gasteiger partial charge on any atom is -0.466 e. The van der Waals surface area contributed by atoms with E-state index in [1.54, 1.807) is 11.8 Å². The summed E-state index contributed by atoms with van der Waals surface area (Å²) in [5.41, 5.74) is 0.427. The van der Waals surface area contributed by atoms with Crippen LogP contribution in [0.15, 0.2) is 24.3 Å². The molecule has 1 rings (SSSR count). The number of ether oxygens (including phenoxy) is 1. The third kappa shape index (κ3) is 5.94. The van der Waals surface area contributed by atoms with Crippen molar-refractivity contribution in [1.29, 1.82) is 0 Å². The highest BCUT2D eigenvalue weighted by atomic mass is 19.1. The third-order valence-electron chi connectivity index (χ3n) is 3.05. The predicted molar refractivity (Wildman–Crippen MR) is 78.5 cm³/mol. The first kappa shape index (κ1) is 17.1. The van der Waals surface area contributed by atoms with E-state index >= 15 is 0 Å². The fraction of sp³-hybridized carbons (Fsp3) is 0.500. The molecule has 0 aliphatic carbocycles. The summed E-state index contributed by atoms with van der Waals surface area (Å²) in [6, 6.07) is 5.44. The molecule has 5 heteroatoms. The summed E-state index contributed by atoms with van der Waals surface area (Å²) in [5.74, 6) is -0.878. The number of amides is 1. The number of unbranched alkanes of at least 4 members (excludes halogenated alkanes) is 1. The van der Waals surface area contributed by atoms with Crippen LogP contribution in [0.1, 0.15) is 43.5 Å². The Morgan fingerprint density at radius 1 is 1.14 bits per heavy atom. The van der Waals surface area contributed by atoms with Crippen LogP contribution >= 0.6 is 0 Å². The molecule has 0 spiro atoms. The van der Waals surface area contributed by atoms with E-state index in [4.69, 9.17) is 4.74 Å². The number of hydrogen-bond acceptors (Lipinski definition) is 3. The number of esters is 1. The Bertz CT molecular complexity index is 459. The molecule has 1 aromatic carbocycles. The van der Waals surface area contributed by atoms with Gasteiger partial charge in [0.05, 0.1) is 13.0 Å². The van der Waals surface area contributed by atoms with Gasteiger partial charge >= 0.3 is 5.97 Å². The van der Waals surface area contributed by atoms with Crippen molar-refractivity contribution in [2.45, 2.75) is 33.1 Å². The van der Waals surface area contributed by atoms with Gasteiger partial charge in [-0.05, 0) is 37.6 Å². The lowest BCUT2D eigenvalue weighted by molar-refractivity contribution is -0.143. The molecule has 0 saturated heterocycles. The van der Waals surface area contributed by atoms with E-state index in [-0.39, 0.29) is 24.1 Å². The van der Waals surface area contributed by atoms with E-state index < -0.39 is 0 Å². The van der Waals surface area contributed by atoms with Crippen LogP contribution in [0.25, 0.3) is 0 Å². The van der Waals surface area contributed by atoms with Gasteiger partial charge in [-0.15, -0.1) is 0 Å². The van der Waals surface area contributed by atoms with E-state index in [1.807, 2.05) is 6.92 Å². The lowest BCUT2D eigenvalue weighted by atomic mass is 10.1. The van der Waals surface area contributed by atoms with Crippen LogP contribution in [0.3, 0.4) is 0 Å². The van der Waals surface area contributed by atoms with E-state index in [9.17, 15) is 14.0 Å². The second kappa shape index (κ2) is 9.10. The average molecular weight is 295 g/mol. The van der Waals surface area contributed by atoms with Crippen LogP contribution in [0.2, 0.25) is 0 Å². The quantitative estimate of drug-likeness (QED) is 0.693. The molecule has 4 nitrogen and oxygen atoms in total. The van der Waals surface area contributed by atoms with Crippen molar-refractivity contribution in [3.05, 3.63) is 35.6 Å². The minimum atomic E-state index is -0.377. The number of benzene rings is 1. The van der Waals surface area contributed by atoms with Gasteiger partial charge in [0.1, 0.15) is 5.82 Å². The van der Waals surface area contributed by atoms with Gasteiger partial charge in [-0.25, -0.2) is 4.39 Å². The summed E-state index contributed by atoms with van der Waals surface area (Å²) >= 11 is 0. The second-order valence-electron chi connectivity index (χ2n) is 4.71. The molecule has 0 saturated carbocycles. The number of halogens is 1. The monoisotopic (exact) mass is 295 g/mol. The molecule has 0 aromatic heterocycles. The average Bonchev–Trinajstić information content (AvgIpc) is 2.48. The number of hydrogen-bond donors (Lipinski definition) is 0. The highest BCUT2D eigenvalue weighted by molar-refractivity contribution is 5.94. The lowest BCUT2D eigenvalue weighted by Crippen LogP contribution is -2.34. The van der Waals surface area contributed by atoms with Crippen LogP contribution in [-0.4, -0.2) is 36.5 Å². The van der Waals surface area contributed by atoms with Crippen molar-refractivity contribution in [3.8, 4) is 0 Å². The normalized spacial score (nSPS) is 10.2. The van der Waals surface area contributed by atoms with Crippen molar-refractivity contribution in [3.63, 3.8) is 0 Å². The van der Waals surface area contributed by atoms with Crippen molar-refractivity contribution in [1.82, 2.24) is 4.90 Å². The predicted octanol–water partition coefficient (Wildman–Crippen LogP) is 3.02. The molecule has 21 heavy (non-hydrogen) atoms. The van der Waals surface area contributed by atoms with Crippen LogP contribution in [0.5, 0.6) is 0 Å². The fourth-order valence-corrected chi connectivity index (χ4v) is 1.90. The second-order valence-corrected chi connectivity index (χ2v) is 4.71. The number of carbonyl (C=O) groups excluding carboxylic acids is 2. The molecule has 0 heterocycles. The molecule has 116 valence electrons. The Balaban J connectivity index is 2.69. The van der Waals surface area contributed by atoms with Crippen LogP contribution in [0.4, 0.5) is 4.39 Å². The van der Waals surface area contributed by atoms with Crippen LogP contribution < -0.4 is 0 Å². The summed E-state index contributed by atoms with van der Waals surface area (Å²) in [6.07, 6.45) is 1.98. The van der Waals surface area contributed by atoms with Gasteiger partial charge in [0.2, 0.25) is 0 Å². The van der Waals surface area contributed by atoms with Gasteiger partial charge in [-0.2, -0.15) is 0 Å². The molecular weight excluding hydrogens is 273 g/mol. The van der Waals surface area contributed by atoms with Crippen molar-refractivity contribution >= 4 is 11.9 Å². The molecule has 0 atom stereocenters. The zero-order valence-electron chi connectivity index (χ0n) is 12.6.